The van der Waals surface area contributed by atoms with Crippen molar-refractivity contribution in [2.45, 2.75) is 39.8 Å². The average molecular weight is 282 g/mol. The van der Waals surface area contributed by atoms with Crippen molar-refractivity contribution in [1.29, 1.82) is 0 Å². The summed E-state index contributed by atoms with van der Waals surface area (Å²) in [6, 6.07) is 4.32. The first-order valence-electron chi connectivity index (χ1n) is 6.78. The predicted octanol–water partition coefficient (Wildman–Crippen LogP) is 2.38. The quantitative estimate of drug-likeness (QED) is 0.842. The largest absolute Gasteiger partial charge is 0.481 e. The van der Waals surface area contributed by atoms with E-state index in [1.165, 1.54) is 12.1 Å². The Morgan fingerprint density at radius 2 is 2.00 bits per heavy atom. The SMILES string of the molecule is CC(C)C(C)NC(=O)COc1ccc([C@@H](C)N)cc1F. The number of hydrogen-bond acceptors (Lipinski definition) is 3. The second-order valence-electron chi connectivity index (χ2n) is 5.37. The fourth-order valence-corrected chi connectivity index (χ4v) is 1.52. The Bertz CT molecular complexity index is 461. The van der Waals surface area contributed by atoms with Gasteiger partial charge < -0.3 is 15.8 Å². The maximum Gasteiger partial charge on any atom is 0.258 e. The van der Waals surface area contributed by atoms with E-state index >= 15 is 0 Å². The summed E-state index contributed by atoms with van der Waals surface area (Å²) < 4.78 is 18.9. The molecule has 3 N–H and O–H groups in total. The molecule has 0 spiro atoms. The van der Waals surface area contributed by atoms with Crippen LogP contribution in [0.25, 0.3) is 0 Å². The van der Waals surface area contributed by atoms with Gasteiger partial charge in [-0.1, -0.05) is 19.9 Å². The smallest absolute Gasteiger partial charge is 0.258 e. The molecule has 1 aromatic rings. The van der Waals surface area contributed by atoms with Gasteiger partial charge in [0.05, 0.1) is 0 Å². The summed E-state index contributed by atoms with van der Waals surface area (Å²) in [7, 11) is 0. The minimum Gasteiger partial charge on any atom is -0.481 e. The van der Waals surface area contributed by atoms with Gasteiger partial charge in [0, 0.05) is 12.1 Å². The molecular weight excluding hydrogens is 259 g/mol. The van der Waals surface area contributed by atoms with Crippen LogP contribution in [0.15, 0.2) is 18.2 Å². The zero-order valence-electron chi connectivity index (χ0n) is 12.4. The Kier molecular flexibility index (Phi) is 5.95. The van der Waals surface area contributed by atoms with Crippen LogP contribution in [0.1, 0.15) is 39.3 Å². The molecule has 4 nitrogen and oxygen atoms in total. The highest BCUT2D eigenvalue weighted by Crippen LogP contribution is 2.21. The molecule has 5 heteroatoms. The molecule has 0 heterocycles. The molecule has 1 amide bonds. The monoisotopic (exact) mass is 282 g/mol. The molecule has 0 fully saturated rings. The normalized spacial score (nSPS) is 13.9. The molecule has 1 rings (SSSR count). The number of halogens is 1. The van der Waals surface area contributed by atoms with Gasteiger partial charge in [-0.15, -0.1) is 0 Å². The first-order chi connectivity index (χ1) is 9.31. The van der Waals surface area contributed by atoms with E-state index in [2.05, 4.69) is 5.32 Å². The van der Waals surface area contributed by atoms with Gasteiger partial charge in [0.15, 0.2) is 18.2 Å². The summed E-state index contributed by atoms with van der Waals surface area (Å²) in [6.45, 7) is 7.51. The van der Waals surface area contributed by atoms with Gasteiger partial charge in [-0.2, -0.15) is 0 Å². The van der Waals surface area contributed by atoms with E-state index in [-0.39, 0.29) is 30.3 Å². The molecule has 0 saturated carbocycles. The van der Waals surface area contributed by atoms with Gasteiger partial charge in [0.1, 0.15) is 0 Å². The number of ether oxygens (including phenoxy) is 1. The molecule has 20 heavy (non-hydrogen) atoms. The summed E-state index contributed by atoms with van der Waals surface area (Å²) in [5.74, 6) is -0.380. The van der Waals surface area contributed by atoms with Crippen LogP contribution < -0.4 is 15.8 Å². The Labute approximate surface area is 119 Å². The van der Waals surface area contributed by atoms with Crippen LogP contribution in [-0.2, 0) is 4.79 Å². The van der Waals surface area contributed by atoms with Crippen LogP contribution in [0.2, 0.25) is 0 Å². The van der Waals surface area contributed by atoms with Crippen LogP contribution in [0.5, 0.6) is 5.75 Å². The zero-order valence-corrected chi connectivity index (χ0v) is 12.4. The maximum absolute atomic E-state index is 13.7. The van der Waals surface area contributed by atoms with Crippen LogP contribution in [0.3, 0.4) is 0 Å². The first kappa shape index (κ1) is 16.4. The summed E-state index contributed by atoms with van der Waals surface area (Å²) in [4.78, 5) is 11.6. The Morgan fingerprint density at radius 3 is 2.50 bits per heavy atom. The number of carbonyl (C=O) groups excluding carboxylic acids is 1. The maximum atomic E-state index is 13.7. The lowest BCUT2D eigenvalue weighted by Gasteiger charge is -2.17. The van der Waals surface area contributed by atoms with E-state index in [4.69, 9.17) is 10.5 Å². The summed E-state index contributed by atoms with van der Waals surface area (Å²) in [6.07, 6.45) is 0. The number of rotatable bonds is 6. The van der Waals surface area contributed by atoms with Gasteiger partial charge in [0.2, 0.25) is 0 Å². The van der Waals surface area contributed by atoms with Crippen molar-refractivity contribution in [2.24, 2.45) is 11.7 Å². The summed E-state index contributed by atoms with van der Waals surface area (Å²) in [5.41, 5.74) is 6.35. The molecule has 2 atom stereocenters. The van der Waals surface area contributed by atoms with Gasteiger partial charge in [-0.25, -0.2) is 4.39 Å². The number of amides is 1. The third-order valence-electron chi connectivity index (χ3n) is 3.23. The topological polar surface area (TPSA) is 64.3 Å². The van der Waals surface area contributed by atoms with Crippen molar-refractivity contribution >= 4 is 5.91 Å². The zero-order chi connectivity index (χ0) is 15.3. The van der Waals surface area contributed by atoms with E-state index in [0.717, 1.165) is 0 Å². The van der Waals surface area contributed by atoms with Crippen molar-refractivity contribution in [3.8, 4) is 5.75 Å². The molecule has 0 aliphatic rings. The third-order valence-corrected chi connectivity index (χ3v) is 3.23. The Morgan fingerprint density at radius 1 is 1.35 bits per heavy atom. The number of nitrogens with two attached hydrogens (primary N) is 1. The number of nitrogens with one attached hydrogen (secondary N) is 1. The van der Waals surface area contributed by atoms with Crippen LogP contribution >= 0.6 is 0 Å². The highest BCUT2D eigenvalue weighted by atomic mass is 19.1. The van der Waals surface area contributed by atoms with Crippen molar-refractivity contribution in [3.05, 3.63) is 29.6 Å². The van der Waals surface area contributed by atoms with Crippen molar-refractivity contribution in [1.82, 2.24) is 5.32 Å². The minimum absolute atomic E-state index is 0.0522. The molecule has 0 radical (unpaired) electrons. The minimum atomic E-state index is -0.510. The fraction of sp³-hybridized carbons (Fsp3) is 0.533. The second kappa shape index (κ2) is 7.24. The third kappa shape index (κ3) is 4.81. The lowest BCUT2D eigenvalue weighted by atomic mass is 10.1. The van der Waals surface area contributed by atoms with Crippen molar-refractivity contribution in [3.63, 3.8) is 0 Å². The van der Waals surface area contributed by atoms with Gasteiger partial charge in [-0.3, -0.25) is 4.79 Å². The molecule has 0 aliphatic heterocycles. The molecule has 0 bridgehead atoms. The van der Waals surface area contributed by atoms with E-state index in [1.54, 1.807) is 13.0 Å². The Balaban J connectivity index is 2.56. The lowest BCUT2D eigenvalue weighted by Crippen LogP contribution is -2.39. The van der Waals surface area contributed by atoms with E-state index < -0.39 is 5.82 Å². The molecule has 1 aromatic carbocycles. The number of benzene rings is 1. The van der Waals surface area contributed by atoms with Crippen molar-refractivity contribution in [2.75, 3.05) is 6.61 Å². The van der Waals surface area contributed by atoms with Gasteiger partial charge in [-0.05, 0) is 37.5 Å². The highest BCUT2D eigenvalue weighted by molar-refractivity contribution is 5.77. The van der Waals surface area contributed by atoms with E-state index in [1.807, 2.05) is 20.8 Å². The molecule has 1 unspecified atom stereocenters. The van der Waals surface area contributed by atoms with Crippen LogP contribution in [0.4, 0.5) is 4.39 Å². The predicted molar refractivity (Wildman–Crippen MR) is 76.9 cm³/mol. The van der Waals surface area contributed by atoms with Crippen molar-refractivity contribution < 1.29 is 13.9 Å². The molecule has 0 saturated heterocycles. The second-order valence-corrected chi connectivity index (χ2v) is 5.37. The first-order valence-corrected chi connectivity index (χ1v) is 6.78. The summed E-state index contributed by atoms with van der Waals surface area (Å²) >= 11 is 0. The van der Waals surface area contributed by atoms with Gasteiger partial charge in [0.25, 0.3) is 5.91 Å². The lowest BCUT2D eigenvalue weighted by molar-refractivity contribution is -0.124. The van der Waals surface area contributed by atoms with Gasteiger partial charge >= 0.3 is 0 Å². The number of hydrogen-bond donors (Lipinski definition) is 2. The van der Waals surface area contributed by atoms with Crippen LogP contribution in [-0.4, -0.2) is 18.6 Å². The molecule has 0 aromatic heterocycles. The standard InChI is InChI=1S/C15H23FN2O2/c1-9(2)11(4)18-15(19)8-20-14-6-5-12(10(3)17)7-13(14)16/h5-7,9-11H,8,17H2,1-4H3,(H,18,19)/t10-,11?/m1/s1. The van der Waals surface area contributed by atoms with E-state index in [0.29, 0.717) is 11.5 Å². The molecule has 0 aliphatic carbocycles. The van der Waals surface area contributed by atoms with E-state index in [9.17, 15) is 9.18 Å². The van der Waals surface area contributed by atoms with Crippen LogP contribution in [0, 0.1) is 11.7 Å². The summed E-state index contributed by atoms with van der Waals surface area (Å²) in [5, 5.41) is 2.79. The Hall–Kier alpha value is -1.62. The molecular formula is C15H23FN2O2. The number of carbonyl (C=O) groups is 1. The fourth-order valence-electron chi connectivity index (χ4n) is 1.52. The average Bonchev–Trinajstić information content (AvgIpc) is 2.36. The molecule has 112 valence electrons. The highest BCUT2D eigenvalue weighted by Gasteiger charge is 2.13.